The number of hydrogen-bond acceptors (Lipinski definition) is 6. The molecule has 2 aromatic rings. The van der Waals surface area contributed by atoms with Crippen molar-refractivity contribution in [2.24, 2.45) is 19.2 Å². The fourth-order valence-corrected chi connectivity index (χ4v) is 2.08. The summed E-state index contributed by atoms with van der Waals surface area (Å²) in [7, 11) is 2.64. The van der Waals surface area contributed by atoms with Crippen LogP contribution in [0, 0.1) is 0 Å². The van der Waals surface area contributed by atoms with Gasteiger partial charge >= 0.3 is 5.69 Å². The Morgan fingerprint density at radius 2 is 1.88 bits per heavy atom. The predicted molar refractivity (Wildman–Crippen MR) is 87.1 cm³/mol. The maximum atomic E-state index is 12.3. The Morgan fingerprint density at radius 3 is 2.46 bits per heavy atom. The van der Waals surface area contributed by atoms with Crippen molar-refractivity contribution >= 4 is 11.6 Å². The number of carbonyl (C=O) groups is 1. The summed E-state index contributed by atoms with van der Waals surface area (Å²) in [5.41, 5.74) is 1.37. The fraction of sp³-hybridized carbons (Fsp3) is 0.267. The van der Waals surface area contributed by atoms with E-state index in [2.05, 4.69) is 15.5 Å². The molecule has 0 aliphatic rings. The van der Waals surface area contributed by atoms with Crippen LogP contribution in [0.2, 0.25) is 0 Å². The molecule has 0 aliphatic carbocycles. The van der Waals surface area contributed by atoms with Gasteiger partial charge in [-0.2, -0.15) is 5.10 Å². The van der Waals surface area contributed by atoms with Gasteiger partial charge in [0.05, 0.1) is 5.71 Å². The Morgan fingerprint density at radius 1 is 1.25 bits per heavy atom. The lowest BCUT2D eigenvalue weighted by Crippen LogP contribution is -2.40. The summed E-state index contributed by atoms with van der Waals surface area (Å²) >= 11 is 0. The van der Waals surface area contributed by atoms with E-state index in [0.717, 1.165) is 9.13 Å². The number of rotatable bonds is 4. The monoisotopic (exact) mass is 331 g/mol. The molecule has 9 nitrogen and oxygen atoms in total. The second kappa shape index (κ2) is 6.90. The van der Waals surface area contributed by atoms with Crippen molar-refractivity contribution in [1.29, 1.82) is 0 Å². The summed E-state index contributed by atoms with van der Waals surface area (Å²) in [6.45, 7) is 1.71. The van der Waals surface area contributed by atoms with Gasteiger partial charge in [-0.1, -0.05) is 6.92 Å². The number of hydrazone groups is 1. The van der Waals surface area contributed by atoms with E-state index in [1.54, 1.807) is 6.92 Å². The molecule has 0 saturated heterocycles. The van der Waals surface area contributed by atoms with E-state index in [9.17, 15) is 19.5 Å². The average Bonchev–Trinajstić information content (AvgIpc) is 2.61. The molecule has 9 heteroatoms. The van der Waals surface area contributed by atoms with Crippen molar-refractivity contribution in [2.75, 3.05) is 0 Å². The lowest BCUT2D eigenvalue weighted by atomic mass is 10.1. The first-order valence-electron chi connectivity index (χ1n) is 7.14. The van der Waals surface area contributed by atoms with Crippen LogP contribution < -0.4 is 16.7 Å². The molecule has 0 saturated carbocycles. The van der Waals surface area contributed by atoms with Crippen LogP contribution >= 0.6 is 0 Å². The maximum absolute atomic E-state index is 12.3. The van der Waals surface area contributed by atoms with E-state index in [4.69, 9.17) is 0 Å². The lowest BCUT2D eigenvalue weighted by Gasteiger charge is -2.11. The number of nitrogens with one attached hydrogen (secondary N) is 1. The third-order valence-electron chi connectivity index (χ3n) is 3.49. The first kappa shape index (κ1) is 17.1. The van der Waals surface area contributed by atoms with Crippen LogP contribution in [0.4, 0.5) is 0 Å². The van der Waals surface area contributed by atoms with E-state index >= 15 is 0 Å². The molecule has 0 unspecified atom stereocenters. The molecular weight excluding hydrogens is 314 g/mol. The van der Waals surface area contributed by atoms with E-state index in [0.29, 0.717) is 5.56 Å². The molecule has 2 aromatic heterocycles. The van der Waals surface area contributed by atoms with Crippen molar-refractivity contribution in [1.82, 2.24) is 19.5 Å². The van der Waals surface area contributed by atoms with Gasteiger partial charge in [-0.25, -0.2) is 10.2 Å². The normalized spacial score (nSPS) is 11.4. The molecule has 126 valence electrons. The van der Waals surface area contributed by atoms with Crippen LogP contribution in [-0.2, 0) is 14.1 Å². The molecule has 24 heavy (non-hydrogen) atoms. The smallest absolute Gasteiger partial charge is 0.333 e. The molecule has 0 bridgehead atoms. The van der Waals surface area contributed by atoms with Crippen molar-refractivity contribution < 1.29 is 9.90 Å². The molecule has 0 aromatic carbocycles. The Hall–Kier alpha value is -3.23. The van der Waals surface area contributed by atoms with Crippen LogP contribution in [0.5, 0.6) is 5.88 Å². The zero-order valence-corrected chi connectivity index (χ0v) is 13.5. The van der Waals surface area contributed by atoms with Gasteiger partial charge in [-0.3, -0.25) is 23.7 Å². The number of pyridine rings is 1. The topological polar surface area (TPSA) is 119 Å². The first-order valence-corrected chi connectivity index (χ1v) is 7.14. The van der Waals surface area contributed by atoms with Crippen molar-refractivity contribution in [3.63, 3.8) is 0 Å². The van der Waals surface area contributed by atoms with Crippen LogP contribution in [-0.4, -0.2) is 30.8 Å². The van der Waals surface area contributed by atoms with Crippen LogP contribution in [0.15, 0.2) is 39.2 Å². The molecule has 0 atom stereocenters. The zero-order valence-electron chi connectivity index (χ0n) is 13.5. The van der Waals surface area contributed by atoms with Gasteiger partial charge in [0.25, 0.3) is 11.5 Å². The summed E-state index contributed by atoms with van der Waals surface area (Å²) in [5, 5.41) is 14.0. The summed E-state index contributed by atoms with van der Waals surface area (Å²) in [4.78, 5) is 39.9. The summed E-state index contributed by atoms with van der Waals surface area (Å²) in [6.07, 6.45) is 3.19. The third kappa shape index (κ3) is 3.09. The predicted octanol–water partition coefficient (Wildman–Crippen LogP) is -0.271. The molecule has 0 spiro atoms. The molecule has 0 fully saturated rings. The second-order valence-electron chi connectivity index (χ2n) is 4.99. The minimum absolute atomic E-state index is 0.128. The summed E-state index contributed by atoms with van der Waals surface area (Å²) < 4.78 is 1.80. The quantitative estimate of drug-likeness (QED) is 0.590. The number of aromatic hydroxyl groups is 1. The first-order chi connectivity index (χ1) is 11.4. The third-order valence-corrected chi connectivity index (χ3v) is 3.49. The van der Waals surface area contributed by atoms with Crippen molar-refractivity contribution in [2.45, 2.75) is 13.3 Å². The number of aromatic nitrogens is 3. The maximum Gasteiger partial charge on any atom is 0.333 e. The Labute approximate surface area is 136 Å². The van der Waals surface area contributed by atoms with E-state index in [1.807, 2.05) is 0 Å². The second-order valence-corrected chi connectivity index (χ2v) is 4.99. The van der Waals surface area contributed by atoms with E-state index < -0.39 is 23.0 Å². The minimum atomic E-state index is -0.686. The van der Waals surface area contributed by atoms with Gasteiger partial charge in [0, 0.05) is 32.1 Å². The van der Waals surface area contributed by atoms with Gasteiger partial charge in [-0.15, -0.1) is 0 Å². The highest BCUT2D eigenvalue weighted by Crippen LogP contribution is 2.12. The molecule has 2 rings (SSSR count). The van der Waals surface area contributed by atoms with Crippen LogP contribution in [0.25, 0.3) is 0 Å². The lowest BCUT2D eigenvalue weighted by molar-refractivity contribution is 0.0954. The highest BCUT2D eigenvalue weighted by atomic mass is 16.3. The number of amides is 1. The van der Waals surface area contributed by atoms with E-state index in [1.165, 1.54) is 38.6 Å². The molecule has 0 radical (unpaired) electrons. The Balaban J connectivity index is 2.45. The largest absolute Gasteiger partial charge is 0.494 e. The molecule has 2 heterocycles. The van der Waals surface area contributed by atoms with Gasteiger partial charge in [0.1, 0.15) is 5.56 Å². The van der Waals surface area contributed by atoms with Crippen molar-refractivity contribution in [3.8, 4) is 5.88 Å². The number of nitrogens with zero attached hydrogens (tertiary/aromatic N) is 4. The van der Waals surface area contributed by atoms with E-state index in [-0.39, 0.29) is 17.7 Å². The number of carbonyl (C=O) groups excluding carboxylic acids is 1. The minimum Gasteiger partial charge on any atom is -0.494 e. The molecular formula is C15H17N5O4. The highest BCUT2D eigenvalue weighted by molar-refractivity contribution is 6.03. The zero-order chi connectivity index (χ0) is 17.9. The van der Waals surface area contributed by atoms with Gasteiger partial charge < -0.3 is 5.11 Å². The standard InChI is InChI=1S/C15H17N5O4/c1-4-10(17-18-12(21)9-5-7-16-8-6-9)11-13(22)19(2)15(24)20(3)14(11)23/h5-8,22H,4H2,1-3H3,(H,18,21). The molecule has 0 aliphatic heterocycles. The van der Waals surface area contributed by atoms with Crippen LogP contribution in [0.1, 0.15) is 29.3 Å². The SMILES string of the molecule is CCC(=NNC(=O)c1ccncc1)c1c(O)n(C)c(=O)n(C)c1=O. The van der Waals surface area contributed by atoms with Gasteiger partial charge in [0.15, 0.2) is 0 Å². The summed E-state index contributed by atoms with van der Waals surface area (Å²) in [5.74, 6) is -0.980. The molecule has 1 amide bonds. The Kier molecular flexibility index (Phi) is 4.93. The van der Waals surface area contributed by atoms with Crippen molar-refractivity contribution in [3.05, 3.63) is 56.5 Å². The average molecular weight is 331 g/mol. The van der Waals surface area contributed by atoms with Gasteiger partial charge in [-0.05, 0) is 18.6 Å². The van der Waals surface area contributed by atoms with Crippen LogP contribution in [0.3, 0.4) is 0 Å². The number of hydrogen-bond donors (Lipinski definition) is 2. The van der Waals surface area contributed by atoms with Gasteiger partial charge in [0.2, 0.25) is 5.88 Å². The fourth-order valence-electron chi connectivity index (χ4n) is 2.08. The highest BCUT2D eigenvalue weighted by Gasteiger charge is 2.19. The summed E-state index contributed by atoms with van der Waals surface area (Å²) in [6, 6.07) is 3.03. The molecule has 2 N–H and O–H groups in total. The Bertz CT molecular complexity index is 912.